The number of imidazole rings is 1. The standard InChI is InChI=1S/C21H20BrClFN3O4S/c22-14-5-3-12(8-16(14)24)17-10-25-21(26-17)13-4-6-15(23)20(9-13)32(30,31)27-7-1-2-18(28)19(29)11-27/h3-6,8-10,18-19,28-29H,1-2,7,11H2,(H,25,26)/t18-,19+/m0/s1. The lowest BCUT2D eigenvalue weighted by molar-refractivity contribution is 0.0165. The minimum atomic E-state index is -4.02. The first-order valence-electron chi connectivity index (χ1n) is 9.83. The molecule has 1 aliphatic rings. The Morgan fingerprint density at radius 3 is 2.66 bits per heavy atom. The molecule has 0 unspecified atom stereocenters. The van der Waals surface area contributed by atoms with E-state index in [-0.39, 0.29) is 23.0 Å². The van der Waals surface area contributed by atoms with E-state index < -0.39 is 28.0 Å². The van der Waals surface area contributed by atoms with E-state index >= 15 is 0 Å². The van der Waals surface area contributed by atoms with E-state index in [1.165, 1.54) is 24.4 Å². The van der Waals surface area contributed by atoms with Gasteiger partial charge in [-0.1, -0.05) is 17.7 Å². The van der Waals surface area contributed by atoms with Crippen molar-refractivity contribution < 1.29 is 23.0 Å². The van der Waals surface area contributed by atoms with Crippen molar-refractivity contribution in [1.82, 2.24) is 14.3 Å². The number of aromatic nitrogens is 2. The van der Waals surface area contributed by atoms with Crippen molar-refractivity contribution in [2.45, 2.75) is 29.9 Å². The van der Waals surface area contributed by atoms with Gasteiger partial charge in [0, 0.05) is 24.2 Å². The largest absolute Gasteiger partial charge is 0.390 e. The van der Waals surface area contributed by atoms with Gasteiger partial charge < -0.3 is 15.2 Å². The van der Waals surface area contributed by atoms with Crippen LogP contribution in [0, 0.1) is 5.82 Å². The molecule has 0 radical (unpaired) electrons. The van der Waals surface area contributed by atoms with E-state index in [1.807, 2.05) is 0 Å². The van der Waals surface area contributed by atoms with Crippen LogP contribution < -0.4 is 0 Å². The molecule has 3 aromatic rings. The molecule has 2 atom stereocenters. The zero-order chi connectivity index (χ0) is 23.0. The van der Waals surface area contributed by atoms with E-state index in [0.29, 0.717) is 40.0 Å². The lowest BCUT2D eigenvalue weighted by Gasteiger charge is -2.23. The molecule has 3 N–H and O–H groups in total. The van der Waals surface area contributed by atoms with Gasteiger partial charge >= 0.3 is 0 Å². The maximum Gasteiger partial charge on any atom is 0.244 e. The van der Waals surface area contributed by atoms with Gasteiger partial charge in [-0.25, -0.2) is 17.8 Å². The van der Waals surface area contributed by atoms with Crippen LogP contribution in [-0.4, -0.2) is 58.2 Å². The van der Waals surface area contributed by atoms with Gasteiger partial charge in [0.2, 0.25) is 10.0 Å². The Balaban J connectivity index is 1.67. The minimum absolute atomic E-state index is 0.0368. The Bertz CT molecular complexity index is 1250. The van der Waals surface area contributed by atoms with Gasteiger partial charge in [-0.15, -0.1) is 0 Å². The molecule has 1 aromatic heterocycles. The molecule has 2 heterocycles. The van der Waals surface area contributed by atoms with Crippen molar-refractivity contribution in [3.05, 3.63) is 57.9 Å². The summed E-state index contributed by atoms with van der Waals surface area (Å²) in [6.07, 6.45) is 0.121. The molecule has 0 amide bonds. The van der Waals surface area contributed by atoms with Gasteiger partial charge in [-0.05, 0) is 59.1 Å². The number of nitrogens with one attached hydrogen (secondary N) is 1. The highest BCUT2D eigenvalue weighted by Crippen LogP contribution is 2.32. The highest BCUT2D eigenvalue weighted by atomic mass is 79.9. The number of aliphatic hydroxyl groups excluding tert-OH is 2. The average molecular weight is 545 g/mol. The number of aromatic amines is 1. The van der Waals surface area contributed by atoms with Crippen molar-refractivity contribution in [3.8, 4) is 22.6 Å². The SMILES string of the molecule is O=S(=O)(c1cc(-c2ncc(-c3ccc(Br)c(F)c3)[nH]2)ccc1Cl)N1CCC[C@H](O)[C@H](O)C1. The van der Waals surface area contributed by atoms with Gasteiger partial charge in [0.25, 0.3) is 0 Å². The number of aliphatic hydroxyl groups is 2. The predicted octanol–water partition coefficient (Wildman–Crippen LogP) is 3.81. The van der Waals surface area contributed by atoms with Crippen LogP contribution in [0.3, 0.4) is 0 Å². The molecule has 2 aromatic carbocycles. The zero-order valence-electron chi connectivity index (χ0n) is 16.7. The van der Waals surface area contributed by atoms with Gasteiger partial charge in [-0.3, -0.25) is 0 Å². The van der Waals surface area contributed by atoms with E-state index in [1.54, 1.807) is 18.2 Å². The smallest absolute Gasteiger partial charge is 0.244 e. The summed E-state index contributed by atoms with van der Waals surface area (Å²) in [5, 5.41) is 19.9. The van der Waals surface area contributed by atoms with Crippen molar-refractivity contribution in [1.29, 1.82) is 0 Å². The van der Waals surface area contributed by atoms with Crippen LogP contribution in [0.25, 0.3) is 22.6 Å². The first kappa shape index (κ1) is 23.3. The molecular weight excluding hydrogens is 525 g/mol. The molecular formula is C21H20BrClFN3O4S. The molecule has 1 aliphatic heterocycles. The molecule has 32 heavy (non-hydrogen) atoms. The van der Waals surface area contributed by atoms with Crippen LogP contribution in [0.2, 0.25) is 5.02 Å². The number of rotatable bonds is 4. The molecule has 1 saturated heterocycles. The number of halogens is 3. The molecule has 11 heteroatoms. The van der Waals surface area contributed by atoms with Gasteiger partial charge in [0.1, 0.15) is 16.5 Å². The van der Waals surface area contributed by atoms with E-state index in [2.05, 4.69) is 25.9 Å². The van der Waals surface area contributed by atoms with Crippen LogP contribution in [0.1, 0.15) is 12.8 Å². The molecule has 0 bridgehead atoms. The Labute approximate surface area is 198 Å². The first-order chi connectivity index (χ1) is 15.2. The quantitative estimate of drug-likeness (QED) is 0.463. The molecule has 0 aliphatic carbocycles. The summed E-state index contributed by atoms with van der Waals surface area (Å²) in [6, 6.07) is 9.18. The maximum atomic E-state index is 13.9. The minimum Gasteiger partial charge on any atom is -0.390 e. The third kappa shape index (κ3) is 4.61. The van der Waals surface area contributed by atoms with E-state index in [0.717, 1.165) is 4.31 Å². The van der Waals surface area contributed by atoms with Crippen LogP contribution in [0.4, 0.5) is 4.39 Å². The Hall–Kier alpha value is -1.82. The lowest BCUT2D eigenvalue weighted by Crippen LogP contribution is -2.39. The number of H-pyrrole nitrogens is 1. The monoisotopic (exact) mass is 543 g/mol. The summed E-state index contributed by atoms with van der Waals surface area (Å²) in [5.74, 6) is -0.0222. The fourth-order valence-corrected chi connectivity index (χ4v) is 5.82. The Morgan fingerprint density at radius 1 is 1.16 bits per heavy atom. The second kappa shape index (κ2) is 9.20. The van der Waals surface area contributed by atoms with Crippen molar-refractivity contribution in [2.24, 2.45) is 0 Å². The fraction of sp³-hybridized carbons (Fsp3) is 0.286. The summed E-state index contributed by atoms with van der Waals surface area (Å²) in [5.41, 5.74) is 1.63. The number of β-amino-alcohol motifs (C(OH)–C–C–N with tert-alkyl or cyclic N) is 1. The van der Waals surface area contributed by atoms with E-state index in [4.69, 9.17) is 11.6 Å². The summed E-state index contributed by atoms with van der Waals surface area (Å²) >= 11 is 9.35. The first-order valence-corrected chi connectivity index (χ1v) is 12.4. The average Bonchev–Trinajstić information content (AvgIpc) is 3.18. The second-order valence-electron chi connectivity index (χ2n) is 7.56. The van der Waals surface area contributed by atoms with Crippen LogP contribution >= 0.6 is 27.5 Å². The highest BCUT2D eigenvalue weighted by Gasteiger charge is 2.33. The van der Waals surface area contributed by atoms with Crippen molar-refractivity contribution in [2.75, 3.05) is 13.1 Å². The normalized spacial score (nSPS) is 20.3. The van der Waals surface area contributed by atoms with Crippen molar-refractivity contribution in [3.63, 3.8) is 0 Å². The molecule has 7 nitrogen and oxygen atoms in total. The molecule has 1 fully saturated rings. The predicted molar refractivity (Wildman–Crippen MR) is 122 cm³/mol. The fourth-order valence-electron chi connectivity index (χ4n) is 3.57. The highest BCUT2D eigenvalue weighted by molar-refractivity contribution is 9.10. The molecule has 0 saturated carbocycles. The van der Waals surface area contributed by atoms with Crippen LogP contribution in [-0.2, 0) is 10.0 Å². The van der Waals surface area contributed by atoms with Gasteiger partial charge in [0.05, 0.1) is 33.6 Å². The Kier molecular flexibility index (Phi) is 6.71. The lowest BCUT2D eigenvalue weighted by atomic mass is 10.1. The second-order valence-corrected chi connectivity index (χ2v) is 10.7. The zero-order valence-corrected chi connectivity index (χ0v) is 19.8. The number of nitrogens with zero attached hydrogens (tertiary/aromatic N) is 2. The summed E-state index contributed by atoms with van der Waals surface area (Å²) in [4.78, 5) is 7.26. The third-order valence-corrected chi connectivity index (χ3v) is 8.36. The summed E-state index contributed by atoms with van der Waals surface area (Å²) in [6.45, 7) is -0.0544. The molecule has 0 spiro atoms. The Morgan fingerprint density at radius 2 is 1.91 bits per heavy atom. The number of sulfonamides is 1. The third-order valence-electron chi connectivity index (χ3n) is 5.37. The number of hydrogen-bond donors (Lipinski definition) is 3. The van der Waals surface area contributed by atoms with Gasteiger partial charge in [-0.2, -0.15) is 4.31 Å². The maximum absolute atomic E-state index is 13.9. The van der Waals surface area contributed by atoms with Gasteiger partial charge in [0.15, 0.2) is 0 Å². The number of benzene rings is 2. The van der Waals surface area contributed by atoms with Crippen LogP contribution in [0.5, 0.6) is 0 Å². The number of hydrogen-bond acceptors (Lipinski definition) is 5. The summed E-state index contributed by atoms with van der Waals surface area (Å²) < 4.78 is 41.9. The van der Waals surface area contributed by atoms with Crippen molar-refractivity contribution >= 4 is 37.6 Å². The van der Waals surface area contributed by atoms with E-state index in [9.17, 15) is 23.0 Å². The topological polar surface area (TPSA) is 107 Å². The molecule has 170 valence electrons. The molecule has 4 rings (SSSR count). The summed E-state index contributed by atoms with van der Waals surface area (Å²) in [7, 11) is -4.02. The van der Waals surface area contributed by atoms with Crippen LogP contribution in [0.15, 0.2) is 52.0 Å².